The first-order valence-corrected chi connectivity index (χ1v) is 8.09. The van der Waals surface area contributed by atoms with Gasteiger partial charge in [0, 0.05) is 18.8 Å². The smallest absolute Gasteiger partial charge is 0.208 e. The Balaban J connectivity index is 1.70. The number of aromatic amines is 1. The summed E-state index contributed by atoms with van der Waals surface area (Å²) in [5, 5.41) is 6.72. The van der Waals surface area contributed by atoms with Crippen molar-refractivity contribution in [3.63, 3.8) is 0 Å². The zero-order valence-corrected chi connectivity index (χ0v) is 11.4. The predicted octanol–water partition coefficient (Wildman–Crippen LogP) is -0.0342. The number of sulfonamides is 1. The van der Waals surface area contributed by atoms with Gasteiger partial charge in [0.2, 0.25) is 10.0 Å². The summed E-state index contributed by atoms with van der Waals surface area (Å²) in [6, 6.07) is 0.102. The maximum Gasteiger partial charge on any atom is 0.208 e. The zero-order valence-electron chi connectivity index (χ0n) is 10.6. The third kappa shape index (κ3) is 4.40. The summed E-state index contributed by atoms with van der Waals surface area (Å²) >= 11 is 0. The van der Waals surface area contributed by atoms with Gasteiger partial charge in [0.1, 0.15) is 0 Å². The van der Waals surface area contributed by atoms with Gasteiger partial charge >= 0.3 is 0 Å². The van der Waals surface area contributed by atoms with Crippen LogP contribution in [-0.2, 0) is 16.4 Å². The molecule has 1 aromatic rings. The number of nitrogens with one attached hydrogen (secondary N) is 2. The van der Waals surface area contributed by atoms with Crippen LogP contribution >= 0.6 is 0 Å². The molecule has 6 nitrogen and oxygen atoms in total. The van der Waals surface area contributed by atoms with E-state index in [0.717, 1.165) is 38.9 Å². The van der Waals surface area contributed by atoms with E-state index in [1.165, 1.54) is 11.8 Å². The first kappa shape index (κ1) is 13.5. The van der Waals surface area contributed by atoms with E-state index in [4.69, 9.17) is 0 Å². The molecule has 7 heteroatoms. The largest absolute Gasteiger partial charge is 0.303 e. The molecule has 1 aromatic heterocycles. The fourth-order valence-corrected chi connectivity index (χ4v) is 3.12. The van der Waals surface area contributed by atoms with Crippen molar-refractivity contribution in [3.8, 4) is 0 Å². The minimum Gasteiger partial charge on any atom is -0.303 e. The topological polar surface area (TPSA) is 78.1 Å². The van der Waals surface area contributed by atoms with Crippen molar-refractivity contribution in [1.29, 1.82) is 0 Å². The lowest BCUT2D eigenvalue weighted by molar-refractivity contribution is 0.209. The number of piperidine rings is 1. The Morgan fingerprint density at radius 1 is 1.50 bits per heavy atom. The van der Waals surface area contributed by atoms with Crippen LogP contribution in [0.1, 0.15) is 18.4 Å². The molecule has 0 amide bonds. The Kier molecular flexibility index (Phi) is 4.36. The van der Waals surface area contributed by atoms with E-state index >= 15 is 0 Å². The first-order valence-electron chi connectivity index (χ1n) is 6.20. The van der Waals surface area contributed by atoms with Crippen LogP contribution in [-0.4, -0.2) is 55.4 Å². The predicted molar refractivity (Wildman–Crippen MR) is 69.7 cm³/mol. The highest BCUT2D eigenvalue weighted by Crippen LogP contribution is 2.11. The molecule has 102 valence electrons. The van der Waals surface area contributed by atoms with Crippen LogP contribution in [0, 0.1) is 0 Å². The van der Waals surface area contributed by atoms with Crippen LogP contribution in [0.25, 0.3) is 0 Å². The van der Waals surface area contributed by atoms with Gasteiger partial charge in [-0.05, 0) is 37.9 Å². The van der Waals surface area contributed by atoms with E-state index in [9.17, 15) is 8.42 Å². The SMILES string of the molecule is CS(=O)(=O)NC1CCN(CCc2cn[nH]c2)CC1. The molecule has 0 unspecified atom stereocenters. The fraction of sp³-hybridized carbons (Fsp3) is 0.727. The molecule has 1 fully saturated rings. The Morgan fingerprint density at radius 2 is 2.22 bits per heavy atom. The van der Waals surface area contributed by atoms with E-state index in [-0.39, 0.29) is 6.04 Å². The standard InChI is InChI=1S/C11H20N4O2S/c1-18(16,17)14-11-3-6-15(7-4-11)5-2-10-8-12-13-9-10/h8-9,11,14H,2-7H2,1H3,(H,12,13). The second-order valence-electron chi connectivity index (χ2n) is 4.86. The second-order valence-corrected chi connectivity index (χ2v) is 6.64. The summed E-state index contributed by atoms with van der Waals surface area (Å²) in [7, 11) is -3.07. The molecule has 0 aromatic carbocycles. The lowest BCUT2D eigenvalue weighted by atomic mass is 10.1. The number of H-pyrrole nitrogens is 1. The lowest BCUT2D eigenvalue weighted by Gasteiger charge is -2.31. The number of rotatable bonds is 5. The number of nitrogens with zero attached hydrogens (tertiary/aromatic N) is 2. The van der Waals surface area contributed by atoms with Crippen LogP contribution in [0.2, 0.25) is 0 Å². The Morgan fingerprint density at radius 3 is 2.78 bits per heavy atom. The van der Waals surface area contributed by atoms with Gasteiger partial charge in [-0.3, -0.25) is 5.10 Å². The summed E-state index contributed by atoms with van der Waals surface area (Å²) in [5.41, 5.74) is 1.21. The van der Waals surface area contributed by atoms with E-state index in [2.05, 4.69) is 19.8 Å². The molecule has 1 aliphatic rings. The molecule has 0 atom stereocenters. The monoisotopic (exact) mass is 272 g/mol. The highest BCUT2D eigenvalue weighted by molar-refractivity contribution is 7.88. The Bertz CT molecular complexity index is 449. The Hall–Kier alpha value is -0.920. The summed E-state index contributed by atoms with van der Waals surface area (Å²) in [6.45, 7) is 2.90. The number of hydrogen-bond acceptors (Lipinski definition) is 4. The summed E-state index contributed by atoms with van der Waals surface area (Å²) in [6.07, 6.45) is 7.74. The van der Waals surface area contributed by atoms with Gasteiger partial charge in [-0.1, -0.05) is 0 Å². The van der Waals surface area contributed by atoms with Crippen LogP contribution in [0.15, 0.2) is 12.4 Å². The molecule has 0 aliphatic carbocycles. The van der Waals surface area contributed by atoms with E-state index in [1.54, 1.807) is 0 Å². The van der Waals surface area contributed by atoms with Gasteiger partial charge in [-0.15, -0.1) is 0 Å². The molecule has 0 radical (unpaired) electrons. The van der Waals surface area contributed by atoms with Gasteiger partial charge < -0.3 is 4.90 Å². The Labute approximate surface area is 108 Å². The molecule has 0 spiro atoms. The molecule has 0 bridgehead atoms. The summed E-state index contributed by atoms with van der Waals surface area (Å²) in [5.74, 6) is 0. The highest BCUT2D eigenvalue weighted by atomic mass is 32.2. The minimum absolute atomic E-state index is 0.102. The molecule has 2 heterocycles. The number of hydrogen-bond donors (Lipinski definition) is 2. The fourth-order valence-electron chi connectivity index (χ4n) is 2.28. The van der Waals surface area contributed by atoms with Crippen molar-refractivity contribution >= 4 is 10.0 Å². The third-order valence-corrected chi connectivity index (χ3v) is 4.00. The molecule has 2 rings (SSSR count). The molecule has 0 saturated carbocycles. The van der Waals surface area contributed by atoms with Crippen LogP contribution < -0.4 is 4.72 Å². The van der Waals surface area contributed by atoms with Crippen LogP contribution in [0.5, 0.6) is 0 Å². The van der Waals surface area contributed by atoms with E-state index in [1.807, 2.05) is 12.4 Å². The second kappa shape index (κ2) is 5.81. The maximum absolute atomic E-state index is 11.1. The number of aromatic nitrogens is 2. The van der Waals surface area contributed by atoms with Gasteiger partial charge in [0.15, 0.2) is 0 Å². The highest BCUT2D eigenvalue weighted by Gasteiger charge is 2.21. The molecular formula is C11H20N4O2S. The van der Waals surface area contributed by atoms with Crippen LogP contribution in [0.3, 0.4) is 0 Å². The van der Waals surface area contributed by atoms with Crippen molar-refractivity contribution in [1.82, 2.24) is 19.8 Å². The molecule has 18 heavy (non-hydrogen) atoms. The van der Waals surface area contributed by atoms with Crippen molar-refractivity contribution < 1.29 is 8.42 Å². The third-order valence-electron chi connectivity index (χ3n) is 3.24. The zero-order chi connectivity index (χ0) is 13.0. The molecule has 2 N–H and O–H groups in total. The van der Waals surface area contributed by atoms with Gasteiger partial charge in [0.25, 0.3) is 0 Å². The van der Waals surface area contributed by atoms with Gasteiger partial charge in [0.05, 0.1) is 12.5 Å². The molecule has 1 aliphatic heterocycles. The van der Waals surface area contributed by atoms with Crippen molar-refractivity contribution in [2.75, 3.05) is 25.9 Å². The minimum atomic E-state index is -3.07. The van der Waals surface area contributed by atoms with Crippen molar-refractivity contribution in [2.24, 2.45) is 0 Å². The summed E-state index contributed by atoms with van der Waals surface area (Å²) in [4.78, 5) is 2.37. The quantitative estimate of drug-likeness (QED) is 0.789. The average Bonchev–Trinajstić information content (AvgIpc) is 2.79. The molecule has 1 saturated heterocycles. The molecular weight excluding hydrogens is 252 g/mol. The summed E-state index contributed by atoms with van der Waals surface area (Å²) < 4.78 is 24.9. The van der Waals surface area contributed by atoms with Gasteiger partial charge in [-0.25, -0.2) is 13.1 Å². The maximum atomic E-state index is 11.1. The van der Waals surface area contributed by atoms with Crippen LogP contribution in [0.4, 0.5) is 0 Å². The van der Waals surface area contributed by atoms with E-state index in [0.29, 0.717) is 0 Å². The lowest BCUT2D eigenvalue weighted by Crippen LogP contribution is -2.44. The van der Waals surface area contributed by atoms with Crippen molar-refractivity contribution in [2.45, 2.75) is 25.3 Å². The van der Waals surface area contributed by atoms with Gasteiger partial charge in [-0.2, -0.15) is 5.10 Å². The number of likely N-dealkylation sites (tertiary alicyclic amines) is 1. The normalized spacial score (nSPS) is 19.2. The van der Waals surface area contributed by atoms with Crippen molar-refractivity contribution in [3.05, 3.63) is 18.0 Å². The van der Waals surface area contributed by atoms with E-state index < -0.39 is 10.0 Å². The first-order chi connectivity index (χ1) is 8.53. The average molecular weight is 272 g/mol.